The van der Waals surface area contributed by atoms with E-state index in [1.54, 1.807) is 7.11 Å². The lowest BCUT2D eigenvalue weighted by Crippen LogP contribution is -2.40. The van der Waals surface area contributed by atoms with E-state index >= 15 is 0 Å². The van der Waals surface area contributed by atoms with Gasteiger partial charge in [0.15, 0.2) is 17.4 Å². The Hall–Kier alpha value is -2.36. The molecule has 3 aromatic rings. The molecule has 0 spiro atoms. The van der Waals surface area contributed by atoms with Crippen molar-refractivity contribution in [2.75, 3.05) is 26.7 Å². The maximum Gasteiger partial charge on any atom is 0.194 e. The first kappa shape index (κ1) is 21.4. The molecule has 7 nitrogen and oxygen atoms in total. The molecular formula is C21H27IN6O. The molecule has 1 unspecified atom stereocenters. The van der Waals surface area contributed by atoms with Crippen LogP contribution in [0.1, 0.15) is 30.7 Å². The Bertz CT molecular complexity index is 955. The molecule has 0 saturated carbocycles. The normalized spacial score (nSPS) is 16.7. The number of methoxy groups -OCH3 is 1. The molecule has 0 radical (unpaired) electrons. The highest BCUT2D eigenvalue weighted by atomic mass is 127. The van der Waals surface area contributed by atoms with Crippen LogP contribution in [0.15, 0.2) is 53.7 Å². The Kier molecular flexibility index (Phi) is 7.29. The molecule has 3 heterocycles. The summed E-state index contributed by atoms with van der Waals surface area (Å²) in [6.07, 6.45) is 3.09. The summed E-state index contributed by atoms with van der Waals surface area (Å²) in [6, 6.07) is 14.3. The number of hydrogen-bond donors (Lipinski definition) is 1. The number of likely N-dealkylation sites (tertiary alicyclic amines) is 1. The molecule has 1 aromatic carbocycles. The molecule has 0 aliphatic carbocycles. The number of guanidine groups is 1. The van der Waals surface area contributed by atoms with E-state index in [4.69, 9.17) is 9.73 Å². The number of halogens is 1. The molecule has 1 aliphatic rings. The zero-order valence-corrected chi connectivity index (χ0v) is 19.1. The van der Waals surface area contributed by atoms with E-state index in [1.165, 1.54) is 5.56 Å². The second-order valence-corrected chi connectivity index (χ2v) is 6.92. The van der Waals surface area contributed by atoms with Crippen molar-refractivity contribution in [2.24, 2.45) is 4.99 Å². The van der Waals surface area contributed by atoms with E-state index in [2.05, 4.69) is 39.5 Å². The molecule has 0 amide bonds. The molecular weight excluding hydrogens is 479 g/mol. The van der Waals surface area contributed by atoms with E-state index in [0.717, 1.165) is 49.2 Å². The Morgan fingerprint density at radius 1 is 1.21 bits per heavy atom. The average Bonchev–Trinajstić information content (AvgIpc) is 3.39. The number of fused-ring (bicyclic) bond motifs is 1. The van der Waals surface area contributed by atoms with Gasteiger partial charge in [-0.2, -0.15) is 0 Å². The fourth-order valence-corrected chi connectivity index (χ4v) is 3.67. The monoisotopic (exact) mass is 506 g/mol. The predicted octanol–water partition coefficient (Wildman–Crippen LogP) is 3.31. The van der Waals surface area contributed by atoms with Crippen LogP contribution < -0.4 is 10.1 Å². The number of hydrogen-bond acceptors (Lipinski definition) is 4. The maximum absolute atomic E-state index is 5.27. The summed E-state index contributed by atoms with van der Waals surface area (Å²) in [7, 11) is 1.70. The van der Waals surface area contributed by atoms with Crippen molar-refractivity contribution in [1.82, 2.24) is 24.8 Å². The van der Waals surface area contributed by atoms with Crippen molar-refractivity contribution < 1.29 is 4.74 Å². The molecule has 1 N–H and O–H groups in total. The molecule has 1 fully saturated rings. The Morgan fingerprint density at radius 3 is 2.79 bits per heavy atom. The highest BCUT2D eigenvalue weighted by Crippen LogP contribution is 2.28. The van der Waals surface area contributed by atoms with Gasteiger partial charge >= 0.3 is 0 Å². The van der Waals surface area contributed by atoms with Crippen LogP contribution in [0, 0.1) is 0 Å². The molecule has 154 valence electrons. The first-order valence-corrected chi connectivity index (χ1v) is 9.74. The third kappa shape index (κ3) is 4.80. The zero-order chi connectivity index (χ0) is 19.3. The topological polar surface area (TPSA) is 67.0 Å². The lowest BCUT2D eigenvalue weighted by molar-refractivity contribution is 0.414. The van der Waals surface area contributed by atoms with Crippen LogP contribution in [0.3, 0.4) is 0 Å². The number of benzene rings is 1. The van der Waals surface area contributed by atoms with Crippen molar-refractivity contribution >= 4 is 35.6 Å². The fraction of sp³-hybridized carbons (Fsp3) is 0.381. The summed E-state index contributed by atoms with van der Waals surface area (Å²) in [5.41, 5.74) is 2.20. The van der Waals surface area contributed by atoms with Crippen molar-refractivity contribution in [1.29, 1.82) is 0 Å². The lowest BCUT2D eigenvalue weighted by Gasteiger charge is -2.21. The number of pyridine rings is 1. The number of aliphatic imine (C=N–C) groups is 1. The van der Waals surface area contributed by atoms with E-state index in [-0.39, 0.29) is 24.0 Å². The summed E-state index contributed by atoms with van der Waals surface area (Å²) < 4.78 is 7.25. The molecule has 4 rings (SSSR count). The molecule has 2 aromatic heterocycles. The van der Waals surface area contributed by atoms with Crippen LogP contribution >= 0.6 is 24.0 Å². The number of aromatic nitrogens is 3. The van der Waals surface area contributed by atoms with Gasteiger partial charge in [0, 0.05) is 31.7 Å². The average molecular weight is 506 g/mol. The van der Waals surface area contributed by atoms with E-state index < -0.39 is 0 Å². The van der Waals surface area contributed by atoms with Gasteiger partial charge in [-0.05, 0) is 43.2 Å². The number of nitrogens with one attached hydrogen (secondary N) is 1. The van der Waals surface area contributed by atoms with Gasteiger partial charge in [-0.3, -0.25) is 4.40 Å². The maximum atomic E-state index is 5.27. The zero-order valence-electron chi connectivity index (χ0n) is 16.8. The smallest absolute Gasteiger partial charge is 0.194 e. The summed E-state index contributed by atoms with van der Waals surface area (Å²) >= 11 is 0. The summed E-state index contributed by atoms with van der Waals surface area (Å²) in [5, 5.41) is 11.9. The Labute approximate surface area is 188 Å². The fourth-order valence-electron chi connectivity index (χ4n) is 3.67. The summed E-state index contributed by atoms with van der Waals surface area (Å²) in [6.45, 7) is 5.38. The minimum Gasteiger partial charge on any atom is -0.497 e. The predicted molar refractivity (Wildman–Crippen MR) is 125 cm³/mol. The molecule has 1 aliphatic heterocycles. The van der Waals surface area contributed by atoms with Crippen LogP contribution in [0.25, 0.3) is 5.65 Å². The van der Waals surface area contributed by atoms with Gasteiger partial charge in [-0.15, -0.1) is 34.2 Å². The highest BCUT2D eigenvalue weighted by Gasteiger charge is 2.26. The molecule has 1 saturated heterocycles. The van der Waals surface area contributed by atoms with Crippen LogP contribution in [-0.2, 0) is 6.54 Å². The molecule has 0 bridgehead atoms. The minimum atomic E-state index is 0. The van der Waals surface area contributed by atoms with Gasteiger partial charge in [0.05, 0.1) is 7.11 Å². The summed E-state index contributed by atoms with van der Waals surface area (Å²) in [5.74, 6) is 3.18. The van der Waals surface area contributed by atoms with Gasteiger partial charge in [-0.1, -0.05) is 18.2 Å². The van der Waals surface area contributed by atoms with E-state index in [0.29, 0.717) is 12.5 Å². The summed E-state index contributed by atoms with van der Waals surface area (Å²) in [4.78, 5) is 7.17. The lowest BCUT2D eigenvalue weighted by atomic mass is 9.98. The minimum absolute atomic E-state index is 0. The van der Waals surface area contributed by atoms with E-state index in [1.807, 2.05) is 40.9 Å². The molecule has 1 atom stereocenters. The highest BCUT2D eigenvalue weighted by molar-refractivity contribution is 14.0. The first-order valence-electron chi connectivity index (χ1n) is 9.74. The third-order valence-electron chi connectivity index (χ3n) is 5.16. The van der Waals surface area contributed by atoms with E-state index in [9.17, 15) is 0 Å². The van der Waals surface area contributed by atoms with Gasteiger partial charge in [0.2, 0.25) is 0 Å². The van der Waals surface area contributed by atoms with Gasteiger partial charge in [0.1, 0.15) is 12.3 Å². The van der Waals surface area contributed by atoms with Crippen LogP contribution in [0.2, 0.25) is 0 Å². The SMILES string of the molecule is CCNC(=NCc1nnc2ccccn12)N1CCC(c2ccc(OC)cc2)C1.I. The van der Waals surface area contributed by atoms with Gasteiger partial charge < -0.3 is 15.0 Å². The second kappa shape index (κ2) is 9.91. The Balaban J connectivity index is 0.00000240. The Morgan fingerprint density at radius 2 is 2.03 bits per heavy atom. The third-order valence-corrected chi connectivity index (χ3v) is 5.16. The van der Waals surface area contributed by atoms with Crippen LogP contribution in [0.5, 0.6) is 5.75 Å². The first-order chi connectivity index (χ1) is 13.8. The number of ether oxygens (including phenoxy) is 1. The van der Waals surface area contributed by atoms with Crippen molar-refractivity contribution in [3.8, 4) is 5.75 Å². The van der Waals surface area contributed by atoms with Gasteiger partial charge in [-0.25, -0.2) is 4.99 Å². The van der Waals surface area contributed by atoms with Crippen molar-refractivity contribution in [3.63, 3.8) is 0 Å². The van der Waals surface area contributed by atoms with Crippen LogP contribution in [0.4, 0.5) is 0 Å². The van der Waals surface area contributed by atoms with Crippen LogP contribution in [-0.4, -0.2) is 52.2 Å². The molecule has 29 heavy (non-hydrogen) atoms. The molecule has 8 heteroatoms. The number of nitrogens with zero attached hydrogens (tertiary/aromatic N) is 5. The second-order valence-electron chi connectivity index (χ2n) is 6.92. The van der Waals surface area contributed by atoms with Crippen molar-refractivity contribution in [2.45, 2.75) is 25.8 Å². The standard InChI is InChI=1S/C21H26N6O.HI/c1-3-22-21(23-14-20-25-24-19-6-4-5-12-27(19)20)26-13-11-17(15-26)16-7-9-18(28-2)10-8-16;/h4-10,12,17H,3,11,13-15H2,1-2H3,(H,22,23);1H. The number of rotatable bonds is 5. The van der Waals surface area contributed by atoms with Crippen molar-refractivity contribution in [3.05, 3.63) is 60.0 Å². The quantitative estimate of drug-likeness (QED) is 0.327. The largest absolute Gasteiger partial charge is 0.497 e. The van der Waals surface area contributed by atoms with Gasteiger partial charge in [0.25, 0.3) is 0 Å².